The highest BCUT2D eigenvalue weighted by Gasteiger charge is 2.29. The molecule has 1 atom stereocenters. The molecule has 0 aliphatic rings. The quantitative estimate of drug-likeness (QED) is 0.464. The Morgan fingerprint density at radius 1 is 1.05 bits per heavy atom. The average Bonchev–Trinajstić information content (AvgIpc) is 2.89. The molecule has 1 rings (SSSR count). The summed E-state index contributed by atoms with van der Waals surface area (Å²) in [6.45, 7) is 6.58. The van der Waals surface area contributed by atoms with E-state index in [0.717, 1.165) is 25.7 Å². The molecule has 128 valence electrons. The summed E-state index contributed by atoms with van der Waals surface area (Å²) in [6.07, 6.45) is 13.3. The zero-order chi connectivity index (χ0) is 16.4. The van der Waals surface area contributed by atoms with E-state index in [0.29, 0.717) is 0 Å². The van der Waals surface area contributed by atoms with Crippen molar-refractivity contribution in [1.82, 2.24) is 9.55 Å². The van der Waals surface area contributed by atoms with Crippen LogP contribution in [0.4, 0.5) is 4.39 Å². The van der Waals surface area contributed by atoms with Crippen LogP contribution in [0.2, 0.25) is 0 Å². The zero-order valence-electron chi connectivity index (χ0n) is 14.8. The lowest BCUT2D eigenvalue weighted by Crippen LogP contribution is -2.31. The van der Waals surface area contributed by atoms with Gasteiger partial charge < -0.3 is 4.74 Å². The molecule has 1 aromatic heterocycles. The topological polar surface area (TPSA) is 27.1 Å². The second-order valence-corrected chi connectivity index (χ2v) is 6.53. The molecule has 0 aliphatic carbocycles. The summed E-state index contributed by atoms with van der Waals surface area (Å²) in [5.74, 6) is -0.234. The Hall–Kier alpha value is -1.06. The molecule has 1 aromatic rings. The first-order valence-electron chi connectivity index (χ1n) is 8.86. The van der Waals surface area contributed by atoms with Crippen LogP contribution in [0.1, 0.15) is 85.0 Å². The Morgan fingerprint density at radius 2 is 1.59 bits per heavy atom. The molecule has 0 aliphatic heterocycles. The summed E-state index contributed by atoms with van der Waals surface area (Å²) in [5.41, 5.74) is -0.199. The zero-order valence-corrected chi connectivity index (χ0v) is 14.8. The minimum Gasteiger partial charge on any atom is -0.478 e. The van der Waals surface area contributed by atoms with Crippen molar-refractivity contribution in [2.24, 2.45) is 0 Å². The van der Waals surface area contributed by atoms with Crippen molar-refractivity contribution in [2.45, 2.75) is 90.5 Å². The number of imidazole rings is 1. The van der Waals surface area contributed by atoms with Crippen LogP contribution in [-0.2, 0) is 5.54 Å². The summed E-state index contributed by atoms with van der Waals surface area (Å²) in [5, 5.41) is 0. The van der Waals surface area contributed by atoms with E-state index >= 15 is 0 Å². The third kappa shape index (κ3) is 5.29. The Balaban J connectivity index is 2.74. The van der Waals surface area contributed by atoms with E-state index in [1.807, 2.05) is 0 Å². The van der Waals surface area contributed by atoms with Crippen molar-refractivity contribution in [3.05, 3.63) is 12.3 Å². The fraction of sp³-hybridized carbons (Fsp3) is 0.833. The Bertz CT molecular complexity index is 419. The first-order chi connectivity index (χ1) is 10.6. The molecule has 0 fully saturated rings. The van der Waals surface area contributed by atoms with E-state index in [1.165, 1.54) is 45.6 Å². The molecule has 0 radical (unpaired) electrons. The first kappa shape index (κ1) is 19.0. The van der Waals surface area contributed by atoms with Crippen LogP contribution in [0.5, 0.6) is 5.88 Å². The highest BCUT2D eigenvalue weighted by Crippen LogP contribution is 2.33. The average molecular weight is 312 g/mol. The third-order valence-corrected chi connectivity index (χ3v) is 4.59. The van der Waals surface area contributed by atoms with Gasteiger partial charge >= 0.3 is 0 Å². The molecular formula is C18H33FN2O. The number of rotatable bonds is 12. The molecule has 3 nitrogen and oxygen atoms in total. The Morgan fingerprint density at radius 3 is 2.14 bits per heavy atom. The maximum atomic E-state index is 14.4. The summed E-state index contributed by atoms with van der Waals surface area (Å²) < 4.78 is 21.1. The number of nitrogens with zero attached hydrogens (tertiary/aromatic N) is 2. The van der Waals surface area contributed by atoms with E-state index in [9.17, 15) is 4.39 Å². The van der Waals surface area contributed by atoms with Crippen molar-refractivity contribution in [2.75, 3.05) is 7.11 Å². The van der Waals surface area contributed by atoms with Gasteiger partial charge in [-0.3, -0.25) is 4.57 Å². The molecule has 1 unspecified atom stereocenters. The number of unbranched alkanes of at least 4 members (excludes halogenated alkanes) is 6. The van der Waals surface area contributed by atoms with Gasteiger partial charge in [0.05, 0.1) is 7.11 Å². The molecule has 0 aromatic carbocycles. The minimum absolute atomic E-state index is 0.104. The van der Waals surface area contributed by atoms with Gasteiger partial charge in [-0.25, -0.2) is 0 Å². The Labute approximate surface area is 135 Å². The largest absolute Gasteiger partial charge is 0.478 e. The summed E-state index contributed by atoms with van der Waals surface area (Å²) in [6, 6.07) is 0. The molecule has 0 bridgehead atoms. The van der Waals surface area contributed by atoms with Gasteiger partial charge in [0.1, 0.15) is 6.33 Å². The fourth-order valence-corrected chi connectivity index (χ4v) is 3.06. The van der Waals surface area contributed by atoms with Crippen molar-refractivity contribution < 1.29 is 9.13 Å². The standard InChI is InChI=1S/C18H33FN2O/c1-5-7-9-10-12-14-18(3,13-11-8-6-2)21-15-20-17(22-4)16(21)19/h15H,5-14H2,1-4H3. The molecule has 0 N–H and O–H groups in total. The fourth-order valence-electron chi connectivity index (χ4n) is 3.06. The third-order valence-electron chi connectivity index (χ3n) is 4.59. The molecule has 0 saturated heterocycles. The highest BCUT2D eigenvalue weighted by atomic mass is 19.1. The maximum absolute atomic E-state index is 14.4. The van der Waals surface area contributed by atoms with Crippen molar-refractivity contribution in [3.8, 4) is 5.88 Å². The van der Waals surface area contributed by atoms with Gasteiger partial charge in [0, 0.05) is 5.54 Å². The molecule has 22 heavy (non-hydrogen) atoms. The number of aromatic nitrogens is 2. The van der Waals surface area contributed by atoms with Gasteiger partial charge in [-0.1, -0.05) is 65.2 Å². The number of ether oxygens (including phenoxy) is 1. The van der Waals surface area contributed by atoms with Crippen LogP contribution in [-0.4, -0.2) is 16.7 Å². The lowest BCUT2D eigenvalue weighted by Gasteiger charge is -2.32. The normalized spacial score (nSPS) is 14.0. The molecule has 0 amide bonds. The van der Waals surface area contributed by atoms with Crippen LogP contribution in [0.3, 0.4) is 0 Å². The monoisotopic (exact) mass is 312 g/mol. The van der Waals surface area contributed by atoms with Gasteiger partial charge in [-0.15, -0.1) is 0 Å². The minimum atomic E-state index is -0.338. The van der Waals surface area contributed by atoms with Gasteiger partial charge in [0.25, 0.3) is 11.8 Å². The van der Waals surface area contributed by atoms with Gasteiger partial charge in [0.2, 0.25) is 0 Å². The predicted molar refractivity (Wildman–Crippen MR) is 89.9 cm³/mol. The lowest BCUT2D eigenvalue weighted by atomic mass is 9.88. The molecule has 4 heteroatoms. The molecule has 0 saturated carbocycles. The van der Waals surface area contributed by atoms with E-state index in [-0.39, 0.29) is 17.4 Å². The van der Waals surface area contributed by atoms with Crippen molar-refractivity contribution >= 4 is 0 Å². The van der Waals surface area contributed by atoms with Crippen molar-refractivity contribution in [3.63, 3.8) is 0 Å². The van der Waals surface area contributed by atoms with Crippen LogP contribution < -0.4 is 4.74 Å². The number of halogens is 1. The first-order valence-corrected chi connectivity index (χ1v) is 8.86. The summed E-state index contributed by atoms with van der Waals surface area (Å²) in [4.78, 5) is 4.05. The van der Waals surface area contributed by atoms with Crippen LogP contribution >= 0.6 is 0 Å². The van der Waals surface area contributed by atoms with Crippen LogP contribution in [0.15, 0.2) is 6.33 Å². The maximum Gasteiger partial charge on any atom is 0.269 e. The van der Waals surface area contributed by atoms with Crippen LogP contribution in [0.25, 0.3) is 0 Å². The van der Waals surface area contributed by atoms with E-state index in [2.05, 4.69) is 25.8 Å². The Kier molecular flexibility index (Phi) is 8.51. The molecular weight excluding hydrogens is 279 g/mol. The lowest BCUT2D eigenvalue weighted by molar-refractivity contribution is 0.219. The summed E-state index contributed by atoms with van der Waals surface area (Å²) in [7, 11) is 1.47. The molecule has 1 heterocycles. The van der Waals surface area contributed by atoms with Crippen molar-refractivity contribution in [1.29, 1.82) is 0 Å². The molecule has 0 spiro atoms. The second-order valence-electron chi connectivity index (χ2n) is 6.53. The van der Waals surface area contributed by atoms with E-state index < -0.39 is 0 Å². The van der Waals surface area contributed by atoms with E-state index in [1.54, 1.807) is 10.9 Å². The number of hydrogen-bond acceptors (Lipinski definition) is 2. The number of methoxy groups -OCH3 is 1. The smallest absolute Gasteiger partial charge is 0.269 e. The predicted octanol–water partition coefficient (Wildman–Crippen LogP) is 5.69. The second kappa shape index (κ2) is 9.86. The van der Waals surface area contributed by atoms with Gasteiger partial charge in [-0.05, 0) is 19.8 Å². The number of hydrogen-bond donors (Lipinski definition) is 0. The van der Waals surface area contributed by atoms with Gasteiger partial charge in [-0.2, -0.15) is 9.37 Å². The highest BCUT2D eigenvalue weighted by molar-refractivity contribution is 5.09. The van der Waals surface area contributed by atoms with Crippen LogP contribution in [0, 0.1) is 5.95 Å². The van der Waals surface area contributed by atoms with E-state index in [4.69, 9.17) is 4.74 Å². The summed E-state index contributed by atoms with van der Waals surface area (Å²) >= 11 is 0. The van der Waals surface area contributed by atoms with Gasteiger partial charge in [0.15, 0.2) is 0 Å². The SMILES string of the molecule is CCCCCCCC(C)(CCCCC)n1cnc(OC)c1F.